The van der Waals surface area contributed by atoms with Crippen LogP contribution in [-0.4, -0.2) is 53.3 Å². The number of rotatable bonds is 5. The van der Waals surface area contributed by atoms with E-state index in [-0.39, 0.29) is 36.9 Å². The zero-order chi connectivity index (χ0) is 17.3. The Labute approximate surface area is 140 Å². The predicted molar refractivity (Wildman–Crippen MR) is 84.8 cm³/mol. The maximum Gasteiger partial charge on any atom is 0.325 e. The van der Waals surface area contributed by atoms with Gasteiger partial charge in [0, 0.05) is 6.04 Å². The lowest BCUT2D eigenvalue weighted by Crippen LogP contribution is -2.54. The number of nitrogens with zero attached hydrogens (tertiary/aromatic N) is 1. The molecule has 0 aromatic heterocycles. The first-order valence-electron chi connectivity index (χ1n) is 8.62. The molecule has 24 heavy (non-hydrogen) atoms. The van der Waals surface area contributed by atoms with Gasteiger partial charge in [-0.1, -0.05) is 19.8 Å². The largest absolute Gasteiger partial charge is 0.352 e. The third-order valence-corrected chi connectivity index (χ3v) is 5.19. The van der Waals surface area contributed by atoms with E-state index in [1.165, 1.54) is 0 Å². The lowest BCUT2D eigenvalue weighted by Gasteiger charge is -2.36. The summed E-state index contributed by atoms with van der Waals surface area (Å²) in [7, 11) is 0. The third kappa shape index (κ3) is 3.22. The van der Waals surface area contributed by atoms with Gasteiger partial charge in [-0.05, 0) is 31.6 Å². The first kappa shape index (κ1) is 16.7. The quantitative estimate of drug-likeness (QED) is 0.608. The monoisotopic (exact) mass is 336 g/mol. The van der Waals surface area contributed by atoms with E-state index in [9.17, 15) is 19.2 Å². The Bertz CT molecular complexity index is 574. The van der Waals surface area contributed by atoms with Crippen molar-refractivity contribution in [2.24, 2.45) is 5.92 Å². The minimum absolute atomic E-state index is 0.0556. The summed E-state index contributed by atoms with van der Waals surface area (Å²) in [5, 5.41) is 8.02. The summed E-state index contributed by atoms with van der Waals surface area (Å²) >= 11 is 0. The van der Waals surface area contributed by atoms with Crippen LogP contribution in [0.1, 0.15) is 45.4 Å². The molecule has 132 valence electrons. The molecule has 3 fully saturated rings. The van der Waals surface area contributed by atoms with Gasteiger partial charge in [0.25, 0.3) is 5.91 Å². The van der Waals surface area contributed by atoms with Crippen LogP contribution >= 0.6 is 0 Å². The van der Waals surface area contributed by atoms with Gasteiger partial charge < -0.3 is 16.0 Å². The Morgan fingerprint density at radius 2 is 1.96 bits per heavy atom. The van der Waals surface area contributed by atoms with Crippen molar-refractivity contribution in [2.75, 3.05) is 13.1 Å². The smallest absolute Gasteiger partial charge is 0.325 e. The van der Waals surface area contributed by atoms with E-state index in [0.717, 1.165) is 37.0 Å². The number of carbonyl (C=O) groups excluding carboxylic acids is 4. The first-order valence-corrected chi connectivity index (χ1v) is 8.62. The molecule has 0 aromatic carbocycles. The molecule has 1 aliphatic heterocycles. The molecule has 0 bridgehead atoms. The van der Waals surface area contributed by atoms with Crippen LogP contribution in [0, 0.1) is 5.92 Å². The summed E-state index contributed by atoms with van der Waals surface area (Å²) in [6.45, 7) is 1.47. The zero-order valence-electron chi connectivity index (χ0n) is 13.9. The molecule has 8 nitrogen and oxygen atoms in total. The third-order valence-electron chi connectivity index (χ3n) is 5.19. The van der Waals surface area contributed by atoms with Crippen molar-refractivity contribution in [1.29, 1.82) is 0 Å². The van der Waals surface area contributed by atoms with E-state index in [4.69, 9.17) is 0 Å². The van der Waals surface area contributed by atoms with Crippen molar-refractivity contribution in [3.05, 3.63) is 0 Å². The average Bonchev–Trinajstić information content (AvgIpc) is 3.32. The SMILES string of the molecule is CC1CCCCC12NC(=O)N(CC(=O)NCC(=O)NC1CC1)C2=O. The van der Waals surface area contributed by atoms with E-state index in [1.807, 2.05) is 6.92 Å². The van der Waals surface area contributed by atoms with E-state index < -0.39 is 17.5 Å². The molecule has 0 aromatic rings. The molecule has 2 atom stereocenters. The van der Waals surface area contributed by atoms with Gasteiger partial charge in [-0.2, -0.15) is 0 Å². The van der Waals surface area contributed by atoms with Crippen LogP contribution in [0.4, 0.5) is 4.79 Å². The Morgan fingerprint density at radius 3 is 2.62 bits per heavy atom. The normalized spacial score (nSPS) is 29.5. The second-order valence-electron chi connectivity index (χ2n) is 7.06. The fourth-order valence-corrected chi connectivity index (χ4v) is 3.52. The fraction of sp³-hybridized carbons (Fsp3) is 0.750. The number of nitrogens with one attached hydrogen (secondary N) is 3. The second kappa shape index (κ2) is 6.41. The Balaban J connectivity index is 1.54. The molecule has 3 rings (SSSR count). The second-order valence-corrected chi connectivity index (χ2v) is 7.06. The van der Waals surface area contributed by atoms with Crippen LogP contribution in [0.15, 0.2) is 0 Å². The maximum absolute atomic E-state index is 12.7. The number of hydrogen-bond donors (Lipinski definition) is 3. The molecular weight excluding hydrogens is 312 g/mol. The Hall–Kier alpha value is -2.12. The topological polar surface area (TPSA) is 108 Å². The van der Waals surface area contributed by atoms with E-state index in [2.05, 4.69) is 16.0 Å². The molecule has 1 spiro atoms. The molecular formula is C16H24N4O4. The van der Waals surface area contributed by atoms with Gasteiger partial charge in [0.15, 0.2) is 0 Å². The molecule has 3 N–H and O–H groups in total. The Morgan fingerprint density at radius 1 is 1.21 bits per heavy atom. The molecule has 2 saturated carbocycles. The summed E-state index contributed by atoms with van der Waals surface area (Å²) in [5.41, 5.74) is -0.862. The maximum atomic E-state index is 12.7. The highest BCUT2D eigenvalue weighted by Crippen LogP contribution is 2.38. The van der Waals surface area contributed by atoms with E-state index in [1.54, 1.807) is 0 Å². The summed E-state index contributed by atoms with van der Waals surface area (Å²) in [4.78, 5) is 49.4. The number of hydrogen-bond acceptors (Lipinski definition) is 4. The van der Waals surface area contributed by atoms with Crippen molar-refractivity contribution in [3.8, 4) is 0 Å². The van der Waals surface area contributed by atoms with Gasteiger partial charge in [0.2, 0.25) is 11.8 Å². The Kier molecular flexibility index (Phi) is 4.47. The number of amides is 5. The molecule has 5 amide bonds. The van der Waals surface area contributed by atoms with Crippen LogP contribution in [0.2, 0.25) is 0 Å². The number of carbonyl (C=O) groups is 4. The van der Waals surface area contributed by atoms with Crippen molar-refractivity contribution in [3.63, 3.8) is 0 Å². The molecule has 2 unspecified atom stereocenters. The fourth-order valence-electron chi connectivity index (χ4n) is 3.52. The van der Waals surface area contributed by atoms with Crippen molar-refractivity contribution in [1.82, 2.24) is 20.9 Å². The molecule has 2 aliphatic carbocycles. The summed E-state index contributed by atoms with van der Waals surface area (Å²) in [5.74, 6) is -1.03. The van der Waals surface area contributed by atoms with Crippen LogP contribution in [0.3, 0.4) is 0 Å². The highest BCUT2D eigenvalue weighted by atomic mass is 16.2. The lowest BCUT2D eigenvalue weighted by molar-refractivity contribution is -0.137. The first-order chi connectivity index (χ1) is 11.4. The van der Waals surface area contributed by atoms with Crippen LogP contribution in [0.25, 0.3) is 0 Å². The van der Waals surface area contributed by atoms with Gasteiger partial charge in [-0.15, -0.1) is 0 Å². The van der Waals surface area contributed by atoms with Crippen LogP contribution in [0.5, 0.6) is 0 Å². The van der Waals surface area contributed by atoms with Gasteiger partial charge in [-0.25, -0.2) is 4.79 Å². The standard InChI is InChI=1S/C16H24N4O4/c1-10-4-2-3-7-16(10)14(23)20(15(24)19-16)9-13(22)17-8-12(21)18-11-5-6-11/h10-11H,2-9H2,1H3,(H,17,22)(H,18,21)(H,19,24). The predicted octanol–water partition coefficient (Wildman–Crippen LogP) is -0.118. The molecule has 3 aliphatic rings. The van der Waals surface area contributed by atoms with Gasteiger partial charge in [0.05, 0.1) is 6.54 Å². The summed E-state index contributed by atoms with van der Waals surface area (Å²) < 4.78 is 0. The van der Waals surface area contributed by atoms with Crippen molar-refractivity contribution < 1.29 is 19.2 Å². The average molecular weight is 336 g/mol. The highest BCUT2D eigenvalue weighted by Gasteiger charge is 2.55. The minimum atomic E-state index is -0.862. The molecule has 1 saturated heterocycles. The number of imide groups is 1. The zero-order valence-corrected chi connectivity index (χ0v) is 13.9. The lowest BCUT2D eigenvalue weighted by atomic mass is 9.73. The minimum Gasteiger partial charge on any atom is -0.352 e. The molecule has 0 radical (unpaired) electrons. The number of urea groups is 1. The molecule has 1 heterocycles. The molecule has 8 heteroatoms. The summed E-state index contributed by atoms with van der Waals surface area (Å²) in [6, 6.07) is -0.292. The van der Waals surface area contributed by atoms with Crippen LogP contribution < -0.4 is 16.0 Å². The van der Waals surface area contributed by atoms with E-state index in [0.29, 0.717) is 6.42 Å². The van der Waals surface area contributed by atoms with E-state index >= 15 is 0 Å². The van der Waals surface area contributed by atoms with Gasteiger partial charge in [0.1, 0.15) is 12.1 Å². The van der Waals surface area contributed by atoms with Crippen LogP contribution in [-0.2, 0) is 14.4 Å². The van der Waals surface area contributed by atoms with Gasteiger partial charge in [-0.3, -0.25) is 19.3 Å². The van der Waals surface area contributed by atoms with Gasteiger partial charge >= 0.3 is 6.03 Å². The van der Waals surface area contributed by atoms with Crippen molar-refractivity contribution >= 4 is 23.8 Å². The summed E-state index contributed by atoms with van der Waals surface area (Å²) in [6.07, 6.45) is 5.37. The highest BCUT2D eigenvalue weighted by molar-refractivity contribution is 6.09. The van der Waals surface area contributed by atoms with Crippen molar-refractivity contribution in [2.45, 2.75) is 57.0 Å².